The largest absolute Gasteiger partial charge is 0.493 e. The first-order chi connectivity index (χ1) is 14.3. The molecule has 0 amide bonds. The molecule has 0 aliphatic rings. The molecule has 8 nitrogen and oxygen atoms in total. The highest BCUT2D eigenvalue weighted by molar-refractivity contribution is 7.92. The van der Waals surface area contributed by atoms with Crippen molar-refractivity contribution in [1.82, 2.24) is 9.97 Å². The number of nitrogens with zero attached hydrogens (tertiary/aromatic N) is 2. The SMILES string of the molecule is COc1ccc(COc2nc(C)cnc2NS(=O)(=O)c2ccc(C)cc2)cc1OC. The van der Waals surface area contributed by atoms with Crippen molar-refractivity contribution in [2.24, 2.45) is 0 Å². The number of anilines is 1. The van der Waals surface area contributed by atoms with Gasteiger partial charge in [-0.05, 0) is 43.7 Å². The summed E-state index contributed by atoms with van der Waals surface area (Å²) in [6, 6.07) is 11.9. The molecule has 2 aromatic carbocycles. The maximum atomic E-state index is 12.7. The second kappa shape index (κ2) is 9.00. The molecular formula is C21H23N3O5S. The number of aryl methyl sites for hydroxylation is 2. The normalized spacial score (nSPS) is 11.1. The van der Waals surface area contributed by atoms with Crippen LogP contribution in [0.3, 0.4) is 0 Å². The Bertz CT molecular complexity index is 1130. The van der Waals surface area contributed by atoms with Crippen LogP contribution in [0.4, 0.5) is 5.82 Å². The number of nitrogens with one attached hydrogen (secondary N) is 1. The number of sulfonamides is 1. The minimum absolute atomic E-state index is 0.0154. The predicted molar refractivity (Wildman–Crippen MR) is 113 cm³/mol. The fourth-order valence-electron chi connectivity index (χ4n) is 2.65. The molecule has 0 atom stereocenters. The number of aromatic nitrogens is 2. The van der Waals surface area contributed by atoms with Gasteiger partial charge in [-0.2, -0.15) is 0 Å². The molecule has 1 N–H and O–H groups in total. The summed E-state index contributed by atoms with van der Waals surface area (Å²) >= 11 is 0. The monoisotopic (exact) mass is 429 g/mol. The lowest BCUT2D eigenvalue weighted by molar-refractivity contribution is 0.292. The van der Waals surface area contributed by atoms with E-state index in [1.807, 2.05) is 13.0 Å². The summed E-state index contributed by atoms with van der Waals surface area (Å²) in [5.74, 6) is 1.26. The highest BCUT2D eigenvalue weighted by Gasteiger charge is 2.19. The van der Waals surface area contributed by atoms with Gasteiger partial charge in [0, 0.05) is 0 Å². The molecule has 1 heterocycles. The molecule has 1 aromatic heterocycles. The highest BCUT2D eigenvalue weighted by Crippen LogP contribution is 2.29. The van der Waals surface area contributed by atoms with Gasteiger partial charge in [0.05, 0.1) is 31.0 Å². The Morgan fingerprint density at radius 2 is 1.67 bits per heavy atom. The molecule has 9 heteroatoms. The summed E-state index contributed by atoms with van der Waals surface area (Å²) in [4.78, 5) is 8.57. The third-order valence-corrected chi connectivity index (χ3v) is 5.60. The van der Waals surface area contributed by atoms with Gasteiger partial charge in [0.25, 0.3) is 15.9 Å². The summed E-state index contributed by atoms with van der Waals surface area (Å²) in [6.07, 6.45) is 1.47. The topological polar surface area (TPSA) is 99.6 Å². The van der Waals surface area contributed by atoms with Gasteiger partial charge in [-0.1, -0.05) is 23.8 Å². The van der Waals surface area contributed by atoms with Gasteiger partial charge in [-0.3, -0.25) is 4.72 Å². The third kappa shape index (κ3) is 4.98. The summed E-state index contributed by atoms with van der Waals surface area (Å²) in [7, 11) is -0.731. The Morgan fingerprint density at radius 3 is 2.33 bits per heavy atom. The highest BCUT2D eigenvalue weighted by atomic mass is 32.2. The van der Waals surface area contributed by atoms with E-state index in [0.29, 0.717) is 17.2 Å². The molecule has 3 aromatic rings. The maximum Gasteiger partial charge on any atom is 0.263 e. The van der Waals surface area contributed by atoms with E-state index in [1.54, 1.807) is 45.4 Å². The standard InChI is InChI=1S/C21H23N3O5S/c1-14-5-8-17(9-6-14)30(25,26)24-20-21(23-15(2)12-22-20)29-13-16-7-10-18(27-3)19(11-16)28-4/h5-12H,13H2,1-4H3,(H,22,24). The van der Waals surface area contributed by atoms with Gasteiger partial charge in [-0.25, -0.2) is 18.4 Å². The van der Waals surface area contributed by atoms with E-state index in [4.69, 9.17) is 14.2 Å². The van der Waals surface area contributed by atoms with Crippen LogP contribution in [0, 0.1) is 13.8 Å². The van der Waals surface area contributed by atoms with E-state index < -0.39 is 10.0 Å². The zero-order valence-corrected chi connectivity index (χ0v) is 18.0. The Labute approximate surface area is 175 Å². The minimum Gasteiger partial charge on any atom is -0.493 e. The summed E-state index contributed by atoms with van der Waals surface area (Å²) < 4.78 is 44.2. The third-order valence-electron chi connectivity index (χ3n) is 4.25. The van der Waals surface area contributed by atoms with Crippen LogP contribution in [-0.2, 0) is 16.6 Å². The van der Waals surface area contributed by atoms with Crippen molar-refractivity contribution in [2.45, 2.75) is 25.3 Å². The lowest BCUT2D eigenvalue weighted by atomic mass is 10.2. The predicted octanol–water partition coefficient (Wildman–Crippen LogP) is 3.49. The number of benzene rings is 2. The fraction of sp³-hybridized carbons (Fsp3) is 0.238. The van der Waals surface area contributed by atoms with Crippen LogP contribution >= 0.6 is 0 Å². The Kier molecular flexibility index (Phi) is 6.41. The van der Waals surface area contributed by atoms with E-state index in [9.17, 15) is 8.42 Å². The van der Waals surface area contributed by atoms with E-state index in [-0.39, 0.29) is 23.2 Å². The van der Waals surface area contributed by atoms with Crippen molar-refractivity contribution in [3.8, 4) is 17.4 Å². The van der Waals surface area contributed by atoms with Gasteiger partial charge in [0.1, 0.15) is 6.61 Å². The van der Waals surface area contributed by atoms with Gasteiger partial charge >= 0.3 is 0 Å². The van der Waals surface area contributed by atoms with E-state index in [2.05, 4.69) is 14.7 Å². The van der Waals surface area contributed by atoms with Crippen molar-refractivity contribution >= 4 is 15.8 Å². The quantitative estimate of drug-likeness (QED) is 0.585. The molecule has 0 saturated carbocycles. The molecule has 0 aliphatic heterocycles. The second-order valence-electron chi connectivity index (χ2n) is 6.56. The molecule has 0 saturated heterocycles. The summed E-state index contributed by atoms with van der Waals surface area (Å²) in [5.41, 5.74) is 2.35. The Hall–Kier alpha value is -3.33. The first-order valence-corrected chi connectivity index (χ1v) is 10.6. The number of rotatable bonds is 8. The molecule has 158 valence electrons. The lowest BCUT2D eigenvalue weighted by Crippen LogP contribution is -2.15. The van der Waals surface area contributed by atoms with Gasteiger partial charge in [0.15, 0.2) is 11.5 Å². The Balaban J connectivity index is 1.83. The molecule has 0 unspecified atom stereocenters. The molecule has 3 rings (SSSR count). The van der Waals surface area contributed by atoms with Crippen LogP contribution in [-0.4, -0.2) is 32.6 Å². The zero-order valence-electron chi connectivity index (χ0n) is 17.2. The number of methoxy groups -OCH3 is 2. The van der Waals surface area contributed by atoms with Crippen LogP contribution < -0.4 is 18.9 Å². The molecule has 0 fully saturated rings. The minimum atomic E-state index is -3.84. The van der Waals surface area contributed by atoms with Gasteiger partial charge in [0.2, 0.25) is 5.82 Å². The van der Waals surface area contributed by atoms with Crippen LogP contribution in [0.1, 0.15) is 16.8 Å². The maximum absolute atomic E-state index is 12.7. The zero-order chi connectivity index (χ0) is 21.7. The van der Waals surface area contributed by atoms with Crippen LogP contribution in [0.25, 0.3) is 0 Å². The van der Waals surface area contributed by atoms with Crippen molar-refractivity contribution in [1.29, 1.82) is 0 Å². The molecule has 0 bridgehead atoms. The molecule has 0 aliphatic carbocycles. The van der Waals surface area contributed by atoms with Crippen molar-refractivity contribution in [2.75, 3.05) is 18.9 Å². The Morgan fingerprint density at radius 1 is 0.967 bits per heavy atom. The lowest BCUT2D eigenvalue weighted by Gasteiger charge is -2.13. The van der Waals surface area contributed by atoms with Crippen LogP contribution in [0.15, 0.2) is 53.6 Å². The van der Waals surface area contributed by atoms with Crippen molar-refractivity contribution in [3.63, 3.8) is 0 Å². The molecular weight excluding hydrogens is 406 g/mol. The molecule has 0 spiro atoms. The van der Waals surface area contributed by atoms with E-state index in [1.165, 1.54) is 18.3 Å². The molecule has 30 heavy (non-hydrogen) atoms. The van der Waals surface area contributed by atoms with E-state index >= 15 is 0 Å². The van der Waals surface area contributed by atoms with Crippen molar-refractivity contribution in [3.05, 3.63) is 65.5 Å². The van der Waals surface area contributed by atoms with Crippen molar-refractivity contribution < 1.29 is 22.6 Å². The molecule has 0 radical (unpaired) electrons. The summed E-state index contributed by atoms with van der Waals surface area (Å²) in [5, 5.41) is 0. The van der Waals surface area contributed by atoms with Crippen LogP contribution in [0.5, 0.6) is 17.4 Å². The average Bonchev–Trinajstić information content (AvgIpc) is 2.73. The fourth-order valence-corrected chi connectivity index (χ4v) is 3.66. The smallest absolute Gasteiger partial charge is 0.263 e. The van der Waals surface area contributed by atoms with E-state index in [0.717, 1.165) is 11.1 Å². The number of hydrogen-bond acceptors (Lipinski definition) is 7. The average molecular weight is 429 g/mol. The first-order valence-electron chi connectivity index (χ1n) is 9.09. The first kappa shape index (κ1) is 21.4. The van der Waals surface area contributed by atoms with Gasteiger partial charge in [-0.15, -0.1) is 0 Å². The van der Waals surface area contributed by atoms with Crippen LogP contribution in [0.2, 0.25) is 0 Å². The number of ether oxygens (including phenoxy) is 3. The summed E-state index contributed by atoms with van der Waals surface area (Å²) in [6.45, 7) is 3.77. The number of hydrogen-bond donors (Lipinski definition) is 1. The van der Waals surface area contributed by atoms with Gasteiger partial charge < -0.3 is 14.2 Å². The second-order valence-corrected chi connectivity index (χ2v) is 8.24.